The number of Topliss-reactive ketones (excluding diaryl/α,β-unsaturated/α-hetero) is 1. The van der Waals surface area contributed by atoms with E-state index in [4.69, 9.17) is 22.1 Å². The van der Waals surface area contributed by atoms with Gasteiger partial charge in [-0.25, -0.2) is 4.79 Å². The van der Waals surface area contributed by atoms with Crippen molar-refractivity contribution in [2.75, 3.05) is 12.3 Å². The lowest BCUT2D eigenvalue weighted by molar-refractivity contribution is 0.0523. The standard InChI is InChI=1S/C12H14ClNO3/c1-3-17-12(16)10-6-8(14)4-5-9(10)11(15)7(2)13/h4-7H,3,14H2,1-2H3. The molecule has 1 rings (SSSR count). The third-order valence-corrected chi connectivity index (χ3v) is 2.36. The smallest absolute Gasteiger partial charge is 0.338 e. The highest BCUT2D eigenvalue weighted by molar-refractivity contribution is 6.34. The fourth-order valence-electron chi connectivity index (χ4n) is 1.37. The number of hydrogen-bond acceptors (Lipinski definition) is 4. The molecule has 0 aliphatic heterocycles. The van der Waals surface area contributed by atoms with Crippen LogP contribution in [0.2, 0.25) is 0 Å². The number of anilines is 1. The molecule has 0 radical (unpaired) electrons. The number of nitrogens with two attached hydrogens (primary N) is 1. The zero-order valence-electron chi connectivity index (χ0n) is 9.70. The highest BCUT2D eigenvalue weighted by Gasteiger charge is 2.21. The molecule has 0 heterocycles. The maximum absolute atomic E-state index is 11.8. The normalized spacial score (nSPS) is 11.9. The van der Waals surface area contributed by atoms with Crippen molar-refractivity contribution in [3.05, 3.63) is 29.3 Å². The van der Waals surface area contributed by atoms with E-state index >= 15 is 0 Å². The average molecular weight is 256 g/mol. The van der Waals surface area contributed by atoms with E-state index in [2.05, 4.69) is 0 Å². The van der Waals surface area contributed by atoms with Gasteiger partial charge in [-0.2, -0.15) is 0 Å². The fraction of sp³-hybridized carbons (Fsp3) is 0.333. The first-order chi connectivity index (χ1) is 7.97. The van der Waals surface area contributed by atoms with E-state index < -0.39 is 11.3 Å². The van der Waals surface area contributed by atoms with E-state index in [1.807, 2.05) is 0 Å². The lowest BCUT2D eigenvalue weighted by Crippen LogP contribution is -2.17. The third-order valence-electron chi connectivity index (χ3n) is 2.17. The molecule has 1 aromatic rings. The Morgan fingerprint density at radius 2 is 2.06 bits per heavy atom. The van der Waals surface area contributed by atoms with Crippen LogP contribution in [0.15, 0.2) is 18.2 Å². The molecule has 0 bridgehead atoms. The van der Waals surface area contributed by atoms with Crippen LogP contribution in [0.1, 0.15) is 34.6 Å². The van der Waals surface area contributed by atoms with Crippen LogP contribution in [0, 0.1) is 0 Å². The number of rotatable bonds is 4. The van der Waals surface area contributed by atoms with Crippen LogP contribution in [-0.2, 0) is 4.74 Å². The molecule has 5 heteroatoms. The van der Waals surface area contributed by atoms with Crippen molar-refractivity contribution in [2.45, 2.75) is 19.2 Å². The van der Waals surface area contributed by atoms with Gasteiger partial charge in [0.15, 0.2) is 5.78 Å². The van der Waals surface area contributed by atoms with Crippen molar-refractivity contribution >= 4 is 29.0 Å². The van der Waals surface area contributed by atoms with Crippen LogP contribution < -0.4 is 5.73 Å². The Morgan fingerprint density at radius 1 is 1.41 bits per heavy atom. The summed E-state index contributed by atoms with van der Waals surface area (Å²) in [6.07, 6.45) is 0. The minimum atomic E-state index is -0.702. The van der Waals surface area contributed by atoms with Crippen molar-refractivity contribution in [1.82, 2.24) is 0 Å². The van der Waals surface area contributed by atoms with Gasteiger partial charge < -0.3 is 10.5 Å². The van der Waals surface area contributed by atoms with Crippen LogP contribution in [0.4, 0.5) is 5.69 Å². The van der Waals surface area contributed by atoms with Crippen molar-refractivity contribution < 1.29 is 14.3 Å². The maximum Gasteiger partial charge on any atom is 0.338 e. The van der Waals surface area contributed by atoms with Gasteiger partial charge in [0.05, 0.1) is 17.5 Å². The maximum atomic E-state index is 11.8. The Balaban J connectivity index is 3.21. The summed E-state index contributed by atoms with van der Waals surface area (Å²) in [4.78, 5) is 23.5. The van der Waals surface area contributed by atoms with Gasteiger partial charge in [-0.1, -0.05) is 0 Å². The van der Waals surface area contributed by atoms with Gasteiger partial charge >= 0.3 is 5.97 Å². The molecule has 92 valence electrons. The summed E-state index contributed by atoms with van der Waals surface area (Å²) < 4.78 is 4.86. The highest BCUT2D eigenvalue weighted by Crippen LogP contribution is 2.18. The number of carbonyl (C=O) groups excluding carboxylic acids is 2. The van der Waals surface area contributed by atoms with E-state index in [0.717, 1.165) is 0 Å². The molecule has 1 aromatic carbocycles. The average Bonchev–Trinajstić information content (AvgIpc) is 2.28. The fourth-order valence-corrected chi connectivity index (χ4v) is 1.49. The molecule has 1 atom stereocenters. The summed E-state index contributed by atoms with van der Waals surface area (Å²) >= 11 is 5.72. The molecule has 0 saturated heterocycles. The molecule has 0 aliphatic carbocycles. The molecule has 0 amide bonds. The lowest BCUT2D eigenvalue weighted by Gasteiger charge is -2.09. The molecular weight excluding hydrogens is 242 g/mol. The lowest BCUT2D eigenvalue weighted by atomic mass is 10.0. The quantitative estimate of drug-likeness (QED) is 0.388. The Labute approximate surface area is 105 Å². The molecule has 0 aliphatic rings. The zero-order valence-corrected chi connectivity index (χ0v) is 10.5. The largest absolute Gasteiger partial charge is 0.462 e. The number of esters is 1. The SMILES string of the molecule is CCOC(=O)c1cc(N)ccc1C(=O)C(C)Cl. The van der Waals surface area contributed by atoms with E-state index in [9.17, 15) is 9.59 Å². The first-order valence-electron chi connectivity index (χ1n) is 5.22. The number of ketones is 1. The number of alkyl halides is 1. The minimum absolute atomic E-state index is 0.157. The van der Waals surface area contributed by atoms with Crippen LogP contribution >= 0.6 is 11.6 Å². The number of ether oxygens (including phenoxy) is 1. The summed E-state index contributed by atoms with van der Waals surface area (Å²) in [5.74, 6) is -0.893. The summed E-state index contributed by atoms with van der Waals surface area (Å²) in [6, 6.07) is 4.46. The monoisotopic (exact) mass is 255 g/mol. The van der Waals surface area contributed by atoms with Gasteiger partial charge in [-0.3, -0.25) is 4.79 Å². The molecule has 0 spiro atoms. The first kappa shape index (κ1) is 13.5. The van der Waals surface area contributed by atoms with Gasteiger partial charge in [0.25, 0.3) is 0 Å². The molecule has 2 N–H and O–H groups in total. The van der Waals surface area contributed by atoms with Gasteiger partial charge in [0, 0.05) is 11.3 Å². The predicted octanol–water partition coefficient (Wildman–Crippen LogP) is 2.26. The van der Waals surface area contributed by atoms with Crippen LogP contribution in [-0.4, -0.2) is 23.7 Å². The zero-order chi connectivity index (χ0) is 13.0. The number of nitrogen functional groups attached to an aromatic ring is 1. The van der Waals surface area contributed by atoms with Crippen LogP contribution in [0.5, 0.6) is 0 Å². The summed E-state index contributed by atoms with van der Waals surface area (Å²) in [5, 5.41) is -0.702. The highest BCUT2D eigenvalue weighted by atomic mass is 35.5. The number of carbonyl (C=O) groups is 2. The third kappa shape index (κ3) is 3.20. The molecule has 0 saturated carbocycles. The summed E-state index contributed by atoms with van der Waals surface area (Å²) in [6.45, 7) is 3.47. The second kappa shape index (κ2) is 5.68. The van der Waals surface area contributed by atoms with Crippen LogP contribution in [0.3, 0.4) is 0 Å². The van der Waals surface area contributed by atoms with Gasteiger partial charge in [0.2, 0.25) is 0 Å². The number of halogens is 1. The summed E-state index contributed by atoms with van der Waals surface area (Å²) in [7, 11) is 0. The van der Waals surface area contributed by atoms with Crippen molar-refractivity contribution in [1.29, 1.82) is 0 Å². The molecule has 1 unspecified atom stereocenters. The number of hydrogen-bond donors (Lipinski definition) is 1. The number of benzene rings is 1. The topological polar surface area (TPSA) is 69.4 Å². The summed E-state index contributed by atoms with van der Waals surface area (Å²) in [5.41, 5.74) is 6.37. The van der Waals surface area contributed by atoms with Crippen molar-refractivity contribution in [3.8, 4) is 0 Å². The van der Waals surface area contributed by atoms with Gasteiger partial charge in [0.1, 0.15) is 0 Å². The Bertz CT molecular complexity index is 443. The van der Waals surface area contributed by atoms with Gasteiger partial charge in [-0.05, 0) is 32.0 Å². The van der Waals surface area contributed by atoms with E-state index in [1.54, 1.807) is 19.9 Å². The second-order valence-corrected chi connectivity index (χ2v) is 4.16. The molecule has 4 nitrogen and oxygen atoms in total. The van der Waals surface area contributed by atoms with E-state index in [1.165, 1.54) is 12.1 Å². The minimum Gasteiger partial charge on any atom is -0.462 e. The molecule has 0 aromatic heterocycles. The van der Waals surface area contributed by atoms with E-state index in [-0.39, 0.29) is 23.5 Å². The first-order valence-corrected chi connectivity index (χ1v) is 5.66. The van der Waals surface area contributed by atoms with Crippen molar-refractivity contribution in [3.63, 3.8) is 0 Å². The van der Waals surface area contributed by atoms with Crippen molar-refractivity contribution in [2.24, 2.45) is 0 Å². The molecule has 17 heavy (non-hydrogen) atoms. The Kier molecular flexibility index (Phi) is 4.52. The Morgan fingerprint density at radius 3 is 2.59 bits per heavy atom. The second-order valence-electron chi connectivity index (χ2n) is 3.51. The Hall–Kier alpha value is -1.55. The van der Waals surface area contributed by atoms with Gasteiger partial charge in [-0.15, -0.1) is 11.6 Å². The predicted molar refractivity (Wildman–Crippen MR) is 66.5 cm³/mol. The van der Waals surface area contributed by atoms with E-state index in [0.29, 0.717) is 5.69 Å². The molecular formula is C12H14ClNO3. The molecule has 0 fully saturated rings. The van der Waals surface area contributed by atoms with Crippen LogP contribution in [0.25, 0.3) is 0 Å².